The van der Waals surface area contributed by atoms with Gasteiger partial charge in [0.25, 0.3) is 0 Å². The van der Waals surface area contributed by atoms with Crippen LogP contribution in [0.25, 0.3) is 0 Å². The molecule has 2 rings (SSSR count). The van der Waals surface area contributed by atoms with Crippen LogP contribution in [0.3, 0.4) is 0 Å². The van der Waals surface area contributed by atoms with Crippen molar-refractivity contribution in [1.82, 2.24) is 4.90 Å². The topological polar surface area (TPSA) is 29.5 Å². The van der Waals surface area contributed by atoms with Crippen LogP contribution in [0.2, 0.25) is 0 Å². The van der Waals surface area contributed by atoms with E-state index in [1.54, 1.807) is 0 Å². The highest BCUT2D eigenvalue weighted by atomic mass is 32.2. The maximum Gasteiger partial charge on any atom is 0.410 e. The van der Waals surface area contributed by atoms with Crippen LogP contribution in [0.4, 0.5) is 4.79 Å². The number of carbonyl (C=O) groups is 1. The molecule has 1 atom stereocenters. The Morgan fingerprint density at radius 2 is 2.17 bits per heavy atom. The summed E-state index contributed by atoms with van der Waals surface area (Å²) in [5.41, 5.74) is 1.03. The predicted octanol–water partition coefficient (Wildman–Crippen LogP) is 3.15. The Morgan fingerprint density at radius 3 is 2.94 bits per heavy atom. The lowest BCUT2D eigenvalue weighted by Gasteiger charge is -2.19. The van der Waals surface area contributed by atoms with E-state index in [1.807, 2.05) is 47.0 Å². The number of nitrogens with zero attached hydrogens (tertiary/aromatic N) is 1. The number of rotatable bonds is 2. The molecule has 1 unspecified atom stereocenters. The van der Waals surface area contributed by atoms with Crippen molar-refractivity contribution in [3.63, 3.8) is 0 Å². The Labute approximate surface area is 113 Å². The summed E-state index contributed by atoms with van der Waals surface area (Å²) >= 11 is 1.93. The Hall–Kier alpha value is -1.16. The van der Waals surface area contributed by atoms with E-state index >= 15 is 0 Å². The number of carbonyl (C=O) groups excluding carboxylic acids is 1. The van der Waals surface area contributed by atoms with E-state index in [9.17, 15) is 4.79 Å². The van der Waals surface area contributed by atoms with Gasteiger partial charge in [-0.2, -0.15) is 11.8 Å². The third kappa shape index (κ3) is 3.95. The average molecular weight is 265 g/mol. The number of hydrogen-bond acceptors (Lipinski definition) is 3. The number of benzene rings is 1. The van der Waals surface area contributed by atoms with Gasteiger partial charge in [0.05, 0.1) is 0 Å². The summed E-state index contributed by atoms with van der Waals surface area (Å²) in [6.07, 6.45) is 0.860. The highest BCUT2D eigenvalue weighted by molar-refractivity contribution is 7.99. The molecule has 3 nitrogen and oxygen atoms in total. The Balaban J connectivity index is 1.80. The zero-order valence-electron chi connectivity index (χ0n) is 10.7. The first kappa shape index (κ1) is 13.3. The van der Waals surface area contributed by atoms with Crippen LogP contribution >= 0.6 is 11.8 Å². The molecule has 1 aliphatic rings. The zero-order chi connectivity index (χ0) is 12.8. The molecule has 1 amide bonds. The first-order chi connectivity index (χ1) is 8.75. The van der Waals surface area contributed by atoms with E-state index < -0.39 is 0 Å². The van der Waals surface area contributed by atoms with Crippen LogP contribution in [0.15, 0.2) is 30.3 Å². The summed E-state index contributed by atoms with van der Waals surface area (Å²) in [5, 5.41) is 0.636. The number of amides is 1. The lowest BCUT2D eigenvalue weighted by Crippen LogP contribution is -2.33. The third-order valence-electron chi connectivity index (χ3n) is 3.03. The zero-order valence-corrected chi connectivity index (χ0v) is 11.5. The Morgan fingerprint density at radius 1 is 1.39 bits per heavy atom. The fourth-order valence-corrected chi connectivity index (χ4v) is 2.89. The van der Waals surface area contributed by atoms with Gasteiger partial charge in [-0.1, -0.05) is 37.3 Å². The minimum atomic E-state index is -0.187. The molecular weight excluding hydrogens is 246 g/mol. The lowest BCUT2D eigenvalue weighted by atomic mass is 10.2. The largest absolute Gasteiger partial charge is 0.445 e. The molecule has 1 aromatic carbocycles. The molecule has 0 radical (unpaired) electrons. The van der Waals surface area contributed by atoms with Crippen molar-refractivity contribution in [2.75, 3.05) is 18.8 Å². The van der Waals surface area contributed by atoms with Crippen LogP contribution in [0.1, 0.15) is 18.9 Å². The second-order valence-electron chi connectivity index (χ2n) is 4.50. The van der Waals surface area contributed by atoms with E-state index in [-0.39, 0.29) is 6.09 Å². The smallest absolute Gasteiger partial charge is 0.410 e. The van der Waals surface area contributed by atoms with Gasteiger partial charge in [-0.05, 0) is 12.0 Å². The maximum absolute atomic E-state index is 11.9. The van der Waals surface area contributed by atoms with Crippen LogP contribution in [-0.4, -0.2) is 35.1 Å². The summed E-state index contributed by atoms with van der Waals surface area (Å²) in [7, 11) is 0. The third-order valence-corrected chi connectivity index (χ3v) is 4.26. The highest BCUT2D eigenvalue weighted by Gasteiger charge is 2.19. The molecule has 1 aliphatic heterocycles. The number of hydrogen-bond donors (Lipinski definition) is 0. The molecule has 18 heavy (non-hydrogen) atoms. The molecular formula is C14H19NO2S. The molecule has 0 aromatic heterocycles. The summed E-state index contributed by atoms with van der Waals surface area (Å²) < 4.78 is 5.34. The lowest BCUT2D eigenvalue weighted by molar-refractivity contribution is 0.0986. The summed E-state index contributed by atoms with van der Waals surface area (Å²) in [6, 6.07) is 9.79. The van der Waals surface area contributed by atoms with Crippen molar-refractivity contribution in [3.8, 4) is 0 Å². The number of thioether (sulfide) groups is 1. The molecule has 1 saturated heterocycles. The normalized spacial score (nSPS) is 20.3. The van der Waals surface area contributed by atoms with Gasteiger partial charge in [0, 0.05) is 24.1 Å². The van der Waals surface area contributed by atoms with E-state index in [2.05, 4.69) is 6.92 Å². The van der Waals surface area contributed by atoms with Gasteiger partial charge in [-0.25, -0.2) is 4.79 Å². The van der Waals surface area contributed by atoms with Crippen LogP contribution in [0.5, 0.6) is 0 Å². The van der Waals surface area contributed by atoms with Gasteiger partial charge < -0.3 is 9.64 Å². The fourth-order valence-electron chi connectivity index (χ4n) is 1.89. The van der Waals surface area contributed by atoms with E-state index in [4.69, 9.17) is 4.74 Å². The van der Waals surface area contributed by atoms with Crippen LogP contribution < -0.4 is 0 Å². The summed E-state index contributed by atoms with van der Waals surface area (Å²) in [5.74, 6) is 1.00. The van der Waals surface area contributed by atoms with Crippen molar-refractivity contribution in [2.45, 2.75) is 25.2 Å². The van der Waals surface area contributed by atoms with Gasteiger partial charge >= 0.3 is 6.09 Å². The van der Waals surface area contributed by atoms with E-state index in [0.717, 1.165) is 30.8 Å². The van der Waals surface area contributed by atoms with Crippen LogP contribution in [0, 0.1) is 0 Å². The second kappa shape index (κ2) is 6.69. The van der Waals surface area contributed by atoms with Gasteiger partial charge in [-0.3, -0.25) is 0 Å². The van der Waals surface area contributed by atoms with Crippen molar-refractivity contribution in [3.05, 3.63) is 35.9 Å². The van der Waals surface area contributed by atoms with Crippen molar-refractivity contribution in [1.29, 1.82) is 0 Å². The van der Waals surface area contributed by atoms with Gasteiger partial charge in [0.15, 0.2) is 0 Å². The van der Waals surface area contributed by atoms with E-state index in [1.165, 1.54) is 0 Å². The van der Waals surface area contributed by atoms with Gasteiger partial charge in [0.1, 0.15) is 6.61 Å². The van der Waals surface area contributed by atoms with Crippen molar-refractivity contribution >= 4 is 17.9 Å². The fraction of sp³-hybridized carbons (Fsp3) is 0.500. The predicted molar refractivity (Wildman–Crippen MR) is 74.7 cm³/mol. The molecule has 0 saturated carbocycles. The highest BCUT2D eigenvalue weighted by Crippen LogP contribution is 2.19. The van der Waals surface area contributed by atoms with Crippen molar-refractivity contribution in [2.24, 2.45) is 0 Å². The van der Waals surface area contributed by atoms with E-state index in [0.29, 0.717) is 11.9 Å². The molecule has 0 N–H and O–H groups in total. The monoisotopic (exact) mass is 265 g/mol. The molecule has 0 bridgehead atoms. The van der Waals surface area contributed by atoms with Gasteiger partial charge in [0.2, 0.25) is 0 Å². The average Bonchev–Trinajstić information content (AvgIpc) is 2.62. The SMILES string of the molecule is CC1CCN(C(=O)OCc2ccccc2)CCS1. The minimum absolute atomic E-state index is 0.187. The summed E-state index contributed by atoms with van der Waals surface area (Å²) in [6.45, 7) is 4.17. The van der Waals surface area contributed by atoms with Crippen molar-refractivity contribution < 1.29 is 9.53 Å². The Kier molecular flexibility index (Phi) is 4.93. The summed E-state index contributed by atoms with van der Waals surface area (Å²) in [4.78, 5) is 13.7. The standard InChI is InChI=1S/C14H19NO2S/c1-12-7-8-15(9-10-18-12)14(16)17-11-13-5-3-2-4-6-13/h2-6,12H,7-11H2,1H3. The quantitative estimate of drug-likeness (QED) is 0.822. The molecule has 1 heterocycles. The number of ether oxygens (including phenoxy) is 1. The molecule has 1 fully saturated rings. The first-order valence-corrected chi connectivity index (χ1v) is 7.38. The molecule has 0 spiro atoms. The first-order valence-electron chi connectivity index (χ1n) is 6.33. The molecule has 1 aromatic rings. The molecule has 0 aliphatic carbocycles. The molecule has 98 valence electrons. The van der Waals surface area contributed by atoms with Gasteiger partial charge in [-0.15, -0.1) is 0 Å². The minimum Gasteiger partial charge on any atom is -0.445 e. The van der Waals surface area contributed by atoms with Crippen LogP contribution in [-0.2, 0) is 11.3 Å². The maximum atomic E-state index is 11.9. The second-order valence-corrected chi connectivity index (χ2v) is 6.04. The Bertz CT molecular complexity index is 383. The molecule has 4 heteroatoms.